The van der Waals surface area contributed by atoms with E-state index in [1.807, 2.05) is 114 Å². The summed E-state index contributed by atoms with van der Waals surface area (Å²) in [5.74, 6) is -0.256. The number of sulfonamides is 1. The lowest BCUT2D eigenvalue weighted by Crippen LogP contribution is -2.52. The Labute approximate surface area is 282 Å². The lowest BCUT2D eigenvalue weighted by molar-refractivity contribution is -0.133. The summed E-state index contributed by atoms with van der Waals surface area (Å²) < 4.78 is 30.1. The number of rotatable bonds is 13. The number of fused-ring (bicyclic) bond motifs is 1. The van der Waals surface area contributed by atoms with Gasteiger partial charge in [-0.25, -0.2) is 8.42 Å². The van der Waals surface area contributed by atoms with Gasteiger partial charge in [-0.15, -0.1) is 0 Å². The van der Waals surface area contributed by atoms with Crippen LogP contribution in [-0.4, -0.2) is 50.3 Å². The van der Waals surface area contributed by atoms with Crippen molar-refractivity contribution in [1.82, 2.24) is 14.9 Å². The SMILES string of the molecule is O=C(Cc1ccccc1)NCc1ccc(NCC2CCCN2C(=O)C(Cc2ccccc2)NS(=O)(=O)c2ccc3ccccc3c2)cc1. The molecule has 6 rings (SSSR count). The Bertz CT molecular complexity index is 1950. The van der Waals surface area contributed by atoms with E-state index >= 15 is 0 Å². The van der Waals surface area contributed by atoms with Crippen LogP contribution in [-0.2, 0) is 39.0 Å². The van der Waals surface area contributed by atoms with Gasteiger partial charge in [0.15, 0.2) is 0 Å². The molecule has 0 radical (unpaired) electrons. The van der Waals surface area contributed by atoms with Crippen molar-refractivity contribution in [3.05, 3.63) is 144 Å². The van der Waals surface area contributed by atoms with E-state index in [1.165, 1.54) is 0 Å². The maximum atomic E-state index is 14.1. The van der Waals surface area contributed by atoms with Crippen LogP contribution in [0.2, 0.25) is 0 Å². The van der Waals surface area contributed by atoms with Crippen molar-refractivity contribution in [1.29, 1.82) is 0 Å². The smallest absolute Gasteiger partial charge is 0.241 e. The fourth-order valence-electron chi connectivity index (χ4n) is 6.18. The second kappa shape index (κ2) is 15.3. The largest absolute Gasteiger partial charge is 0.383 e. The van der Waals surface area contributed by atoms with Crippen molar-refractivity contribution in [2.24, 2.45) is 0 Å². The van der Waals surface area contributed by atoms with E-state index in [2.05, 4.69) is 15.4 Å². The van der Waals surface area contributed by atoms with Crippen LogP contribution in [0.5, 0.6) is 0 Å². The van der Waals surface area contributed by atoms with Crippen LogP contribution in [0.3, 0.4) is 0 Å². The van der Waals surface area contributed by atoms with Gasteiger partial charge in [0, 0.05) is 31.4 Å². The second-order valence-corrected chi connectivity index (χ2v) is 13.9. The molecule has 0 saturated carbocycles. The highest BCUT2D eigenvalue weighted by Crippen LogP contribution is 2.23. The Morgan fingerprint density at radius 2 is 1.42 bits per heavy atom. The van der Waals surface area contributed by atoms with Crippen molar-refractivity contribution in [2.45, 2.75) is 49.2 Å². The molecule has 9 heteroatoms. The maximum absolute atomic E-state index is 14.1. The van der Waals surface area contributed by atoms with Crippen molar-refractivity contribution in [3.63, 3.8) is 0 Å². The summed E-state index contributed by atoms with van der Waals surface area (Å²) in [6, 6.07) is 38.6. The number of hydrogen-bond donors (Lipinski definition) is 3. The molecule has 2 unspecified atom stereocenters. The first-order chi connectivity index (χ1) is 23.3. The minimum Gasteiger partial charge on any atom is -0.383 e. The molecule has 1 aliphatic rings. The van der Waals surface area contributed by atoms with E-state index in [0.717, 1.165) is 46.0 Å². The summed E-state index contributed by atoms with van der Waals surface area (Å²) >= 11 is 0. The normalized spacial score (nSPS) is 15.2. The van der Waals surface area contributed by atoms with Crippen molar-refractivity contribution < 1.29 is 18.0 Å². The monoisotopic (exact) mass is 660 g/mol. The molecule has 1 saturated heterocycles. The van der Waals surface area contributed by atoms with E-state index in [0.29, 0.717) is 26.1 Å². The van der Waals surface area contributed by atoms with Crippen molar-refractivity contribution in [3.8, 4) is 0 Å². The number of nitrogens with zero attached hydrogens (tertiary/aromatic N) is 1. The first-order valence-corrected chi connectivity index (χ1v) is 17.8. The summed E-state index contributed by atoms with van der Waals surface area (Å²) in [4.78, 5) is 28.4. The lowest BCUT2D eigenvalue weighted by atomic mass is 10.1. The van der Waals surface area contributed by atoms with Gasteiger partial charge < -0.3 is 15.5 Å². The van der Waals surface area contributed by atoms with E-state index in [4.69, 9.17) is 0 Å². The number of nitrogens with one attached hydrogen (secondary N) is 3. The zero-order chi connectivity index (χ0) is 33.3. The van der Waals surface area contributed by atoms with Crippen LogP contribution in [0.15, 0.2) is 132 Å². The number of amides is 2. The minimum absolute atomic E-state index is 0.0282. The average molecular weight is 661 g/mol. The molecule has 0 aliphatic carbocycles. The highest BCUT2D eigenvalue weighted by atomic mass is 32.2. The summed E-state index contributed by atoms with van der Waals surface area (Å²) in [5, 5.41) is 8.19. The topological polar surface area (TPSA) is 108 Å². The van der Waals surface area contributed by atoms with Crippen LogP contribution in [0.25, 0.3) is 10.8 Å². The molecule has 3 N–H and O–H groups in total. The molecule has 0 aromatic heterocycles. The van der Waals surface area contributed by atoms with Gasteiger partial charge in [0.2, 0.25) is 21.8 Å². The fourth-order valence-corrected chi connectivity index (χ4v) is 7.40. The third kappa shape index (κ3) is 8.48. The van der Waals surface area contributed by atoms with Gasteiger partial charge in [0.25, 0.3) is 0 Å². The third-order valence-electron chi connectivity index (χ3n) is 8.76. The number of carbonyl (C=O) groups excluding carboxylic acids is 2. The molecule has 1 fully saturated rings. The Hall–Kier alpha value is -4.99. The predicted octanol–water partition coefficient (Wildman–Crippen LogP) is 5.69. The molecular weight excluding hydrogens is 621 g/mol. The molecule has 2 amide bonds. The van der Waals surface area contributed by atoms with Crippen LogP contribution >= 0.6 is 0 Å². The van der Waals surface area contributed by atoms with Gasteiger partial charge in [0.05, 0.1) is 11.3 Å². The predicted molar refractivity (Wildman–Crippen MR) is 190 cm³/mol. The number of hydrogen-bond acceptors (Lipinski definition) is 5. The Morgan fingerprint density at radius 3 is 2.15 bits per heavy atom. The van der Waals surface area contributed by atoms with E-state index < -0.39 is 16.1 Å². The average Bonchev–Trinajstić information content (AvgIpc) is 3.59. The molecule has 1 aliphatic heterocycles. The number of carbonyl (C=O) groups is 2. The molecule has 2 atom stereocenters. The first kappa shape index (κ1) is 32.9. The minimum atomic E-state index is -3.99. The molecule has 1 heterocycles. The lowest BCUT2D eigenvalue weighted by Gasteiger charge is -2.30. The third-order valence-corrected chi connectivity index (χ3v) is 10.2. The maximum Gasteiger partial charge on any atom is 0.241 e. The van der Waals surface area contributed by atoms with E-state index in [-0.39, 0.29) is 29.2 Å². The van der Waals surface area contributed by atoms with Gasteiger partial charge in [-0.2, -0.15) is 4.72 Å². The summed E-state index contributed by atoms with van der Waals surface area (Å²) in [5.41, 5.74) is 3.75. The van der Waals surface area contributed by atoms with Crippen LogP contribution < -0.4 is 15.4 Å². The number of likely N-dealkylation sites (tertiary alicyclic amines) is 1. The standard InChI is InChI=1S/C39H40N4O4S/c44-38(25-30-12-5-2-6-13-30)41-27-31-17-20-34(21-18-31)40-28-35-16-9-23-43(35)39(45)37(24-29-10-3-1-4-11-29)42-48(46,47)36-22-19-32-14-7-8-15-33(32)26-36/h1-8,10-15,17-22,26,35,37,40,42H,9,16,23-25,27-28H2,(H,41,44). The highest BCUT2D eigenvalue weighted by Gasteiger charge is 2.35. The van der Waals surface area contributed by atoms with E-state index in [1.54, 1.807) is 18.2 Å². The molecule has 8 nitrogen and oxygen atoms in total. The first-order valence-electron chi connectivity index (χ1n) is 16.3. The molecule has 48 heavy (non-hydrogen) atoms. The summed E-state index contributed by atoms with van der Waals surface area (Å²) in [6.45, 7) is 1.54. The fraction of sp³-hybridized carbons (Fsp3) is 0.231. The molecule has 5 aromatic carbocycles. The van der Waals surface area contributed by atoms with Crippen LogP contribution in [0.4, 0.5) is 5.69 Å². The molecule has 5 aromatic rings. The van der Waals surface area contributed by atoms with Crippen LogP contribution in [0, 0.1) is 0 Å². The Kier molecular flexibility index (Phi) is 10.5. The van der Waals surface area contributed by atoms with E-state index in [9.17, 15) is 18.0 Å². The van der Waals surface area contributed by atoms with Crippen LogP contribution in [0.1, 0.15) is 29.5 Å². The van der Waals surface area contributed by atoms with Crippen molar-refractivity contribution in [2.75, 3.05) is 18.4 Å². The number of anilines is 1. The zero-order valence-corrected chi connectivity index (χ0v) is 27.5. The molecule has 0 bridgehead atoms. The molecular formula is C39H40N4O4S. The van der Waals surface area contributed by atoms with Crippen molar-refractivity contribution >= 4 is 38.3 Å². The summed E-state index contributed by atoms with van der Waals surface area (Å²) in [7, 11) is -3.99. The Balaban J connectivity index is 1.09. The Morgan fingerprint density at radius 1 is 0.750 bits per heavy atom. The molecule has 0 spiro atoms. The second-order valence-electron chi connectivity index (χ2n) is 12.2. The summed E-state index contributed by atoms with van der Waals surface area (Å²) in [6.07, 6.45) is 2.25. The van der Waals surface area contributed by atoms with Gasteiger partial charge >= 0.3 is 0 Å². The van der Waals surface area contributed by atoms with Gasteiger partial charge in [0.1, 0.15) is 6.04 Å². The molecule has 246 valence electrons. The van der Waals surface area contributed by atoms with Gasteiger partial charge in [-0.1, -0.05) is 103 Å². The van der Waals surface area contributed by atoms with Gasteiger partial charge in [-0.05, 0) is 71.0 Å². The zero-order valence-electron chi connectivity index (χ0n) is 26.7. The quantitative estimate of drug-likeness (QED) is 0.150. The number of benzene rings is 5. The van der Waals surface area contributed by atoms with Gasteiger partial charge in [-0.3, -0.25) is 9.59 Å². The highest BCUT2D eigenvalue weighted by molar-refractivity contribution is 7.89.